The minimum Gasteiger partial charge on any atom is -0.384 e. The van der Waals surface area contributed by atoms with Crippen LogP contribution in [0.4, 0.5) is 0 Å². The van der Waals surface area contributed by atoms with Gasteiger partial charge in [0, 0.05) is 17.7 Å². The highest BCUT2D eigenvalue weighted by Crippen LogP contribution is 2.26. The van der Waals surface area contributed by atoms with E-state index in [1.807, 2.05) is 24.7 Å². The number of rotatable bonds is 3. The maximum atomic E-state index is 8.64. The summed E-state index contributed by atoms with van der Waals surface area (Å²) in [5.41, 5.74) is 1.04. The lowest BCUT2D eigenvalue weighted by Crippen LogP contribution is -1.92. The molecule has 0 radical (unpaired) electrons. The third-order valence-corrected chi connectivity index (χ3v) is 4.59. The number of aryl methyl sites for hydroxylation is 2. The van der Waals surface area contributed by atoms with Gasteiger partial charge in [0.1, 0.15) is 6.61 Å². The molecule has 0 fully saturated rings. The van der Waals surface area contributed by atoms with E-state index in [0.717, 1.165) is 16.3 Å². The normalized spacial score (nSPS) is 10.2. The van der Waals surface area contributed by atoms with E-state index in [-0.39, 0.29) is 6.61 Å². The third kappa shape index (κ3) is 3.39. The average molecular weight is 278 g/mol. The molecular formula is C13H14N2OS2. The number of hydrogen-bond acceptors (Lipinski definition) is 4. The zero-order valence-electron chi connectivity index (χ0n) is 10.3. The van der Waals surface area contributed by atoms with Crippen molar-refractivity contribution in [1.29, 1.82) is 0 Å². The van der Waals surface area contributed by atoms with Crippen LogP contribution in [0.25, 0.3) is 0 Å². The van der Waals surface area contributed by atoms with Crippen LogP contribution in [-0.4, -0.2) is 21.5 Å². The van der Waals surface area contributed by atoms with Gasteiger partial charge >= 0.3 is 0 Å². The Balaban J connectivity index is 1.98. The lowest BCUT2D eigenvalue weighted by atomic mass is 10.4. The average Bonchev–Trinajstić information content (AvgIpc) is 2.91. The number of thioether (sulfide) groups is 1. The van der Waals surface area contributed by atoms with Crippen LogP contribution in [0.1, 0.15) is 15.4 Å². The standard InChI is InChI=1S/C13H14N2OS2/c1-10-8-13(15(2)14-10)17-9-12-6-5-11(18-12)4-3-7-16/h5-6,8,16H,7,9H2,1-2H3. The second-order valence-corrected chi connectivity index (χ2v) is 5.93. The molecule has 2 aromatic rings. The van der Waals surface area contributed by atoms with E-state index in [9.17, 15) is 0 Å². The van der Waals surface area contributed by atoms with Crippen molar-refractivity contribution in [3.63, 3.8) is 0 Å². The molecule has 0 unspecified atom stereocenters. The lowest BCUT2D eigenvalue weighted by Gasteiger charge is -1.99. The second kappa shape index (κ2) is 6.10. The molecule has 3 nitrogen and oxygen atoms in total. The first kappa shape index (κ1) is 13.2. The molecule has 5 heteroatoms. The largest absolute Gasteiger partial charge is 0.384 e. The van der Waals surface area contributed by atoms with Gasteiger partial charge in [-0.15, -0.1) is 23.1 Å². The van der Waals surface area contributed by atoms with E-state index >= 15 is 0 Å². The maximum Gasteiger partial charge on any atom is 0.104 e. The zero-order valence-corrected chi connectivity index (χ0v) is 11.9. The fourth-order valence-electron chi connectivity index (χ4n) is 1.52. The van der Waals surface area contributed by atoms with Crippen molar-refractivity contribution in [1.82, 2.24) is 9.78 Å². The highest BCUT2D eigenvalue weighted by molar-refractivity contribution is 7.98. The Morgan fingerprint density at radius 2 is 2.33 bits per heavy atom. The Labute approximate surface area is 115 Å². The molecule has 18 heavy (non-hydrogen) atoms. The van der Waals surface area contributed by atoms with Crippen molar-refractivity contribution >= 4 is 23.1 Å². The molecule has 0 spiro atoms. The van der Waals surface area contributed by atoms with Gasteiger partial charge in [0.2, 0.25) is 0 Å². The van der Waals surface area contributed by atoms with Gasteiger partial charge in [0.25, 0.3) is 0 Å². The lowest BCUT2D eigenvalue weighted by molar-refractivity contribution is 0.350. The third-order valence-electron chi connectivity index (χ3n) is 2.27. The molecule has 0 aliphatic rings. The molecule has 0 aliphatic heterocycles. The highest BCUT2D eigenvalue weighted by Gasteiger charge is 2.04. The summed E-state index contributed by atoms with van der Waals surface area (Å²) in [7, 11) is 1.96. The summed E-state index contributed by atoms with van der Waals surface area (Å²) >= 11 is 3.44. The van der Waals surface area contributed by atoms with E-state index in [2.05, 4.69) is 29.1 Å². The van der Waals surface area contributed by atoms with E-state index in [1.165, 1.54) is 9.90 Å². The smallest absolute Gasteiger partial charge is 0.104 e. The molecule has 0 aliphatic carbocycles. The van der Waals surface area contributed by atoms with Gasteiger partial charge in [-0.25, -0.2) is 0 Å². The van der Waals surface area contributed by atoms with E-state index < -0.39 is 0 Å². The van der Waals surface area contributed by atoms with Crippen molar-refractivity contribution < 1.29 is 5.11 Å². The van der Waals surface area contributed by atoms with Gasteiger partial charge in [-0.05, 0) is 25.1 Å². The van der Waals surface area contributed by atoms with Crippen LogP contribution < -0.4 is 0 Å². The van der Waals surface area contributed by atoms with Crippen molar-refractivity contribution in [2.75, 3.05) is 6.61 Å². The number of hydrogen-bond donors (Lipinski definition) is 1. The van der Waals surface area contributed by atoms with Crippen LogP contribution in [0.3, 0.4) is 0 Å². The minimum atomic E-state index is -0.0870. The van der Waals surface area contributed by atoms with Crippen molar-refractivity contribution in [2.24, 2.45) is 7.05 Å². The van der Waals surface area contributed by atoms with Crippen LogP contribution >= 0.6 is 23.1 Å². The minimum absolute atomic E-state index is 0.0870. The second-order valence-electron chi connectivity index (χ2n) is 3.76. The van der Waals surface area contributed by atoms with E-state index in [0.29, 0.717) is 0 Å². The van der Waals surface area contributed by atoms with Gasteiger partial charge in [-0.1, -0.05) is 11.8 Å². The molecule has 2 rings (SSSR count). The molecule has 0 aromatic carbocycles. The summed E-state index contributed by atoms with van der Waals surface area (Å²) in [6.07, 6.45) is 0. The number of nitrogens with zero attached hydrogens (tertiary/aromatic N) is 2. The molecule has 2 aromatic heterocycles. The highest BCUT2D eigenvalue weighted by atomic mass is 32.2. The van der Waals surface area contributed by atoms with Crippen LogP contribution in [-0.2, 0) is 12.8 Å². The molecule has 0 saturated heterocycles. The van der Waals surface area contributed by atoms with Gasteiger partial charge in [-0.3, -0.25) is 4.68 Å². The fourth-order valence-corrected chi connectivity index (χ4v) is 3.47. The molecule has 94 valence electrons. The summed E-state index contributed by atoms with van der Waals surface area (Å²) in [5.74, 6) is 6.50. The maximum absolute atomic E-state index is 8.64. The van der Waals surface area contributed by atoms with Crippen LogP contribution in [0, 0.1) is 18.8 Å². The van der Waals surface area contributed by atoms with E-state index in [1.54, 1.807) is 23.1 Å². The fraction of sp³-hybridized carbons (Fsp3) is 0.308. The summed E-state index contributed by atoms with van der Waals surface area (Å²) in [6, 6.07) is 6.17. The van der Waals surface area contributed by atoms with Gasteiger partial charge in [0.15, 0.2) is 0 Å². The molecule has 2 heterocycles. The Morgan fingerprint density at radius 3 is 3.00 bits per heavy atom. The predicted octanol–water partition coefficient (Wildman–Crippen LogP) is 2.43. The number of aliphatic hydroxyl groups is 1. The Bertz CT molecular complexity index is 590. The zero-order chi connectivity index (χ0) is 13.0. The number of aromatic nitrogens is 2. The SMILES string of the molecule is Cc1cc(SCc2ccc(C#CCO)s2)n(C)n1. The summed E-state index contributed by atoms with van der Waals surface area (Å²) < 4.78 is 1.90. The summed E-state index contributed by atoms with van der Waals surface area (Å²) in [4.78, 5) is 2.28. The van der Waals surface area contributed by atoms with Crippen molar-refractivity contribution in [3.05, 3.63) is 33.6 Å². The molecule has 1 N–H and O–H groups in total. The van der Waals surface area contributed by atoms with Crippen molar-refractivity contribution in [3.8, 4) is 11.8 Å². The van der Waals surface area contributed by atoms with Crippen molar-refractivity contribution in [2.45, 2.75) is 17.7 Å². The molecule has 0 bridgehead atoms. The monoisotopic (exact) mass is 278 g/mol. The summed E-state index contributed by atoms with van der Waals surface area (Å²) in [6.45, 7) is 1.91. The first-order valence-electron chi connectivity index (χ1n) is 5.51. The summed E-state index contributed by atoms with van der Waals surface area (Å²) in [5, 5.41) is 14.1. The predicted molar refractivity (Wildman–Crippen MR) is 75.8 cm³/mol. The molecule has 0 atom stereocenters. The first-order chi connectivity index (χ1) is 8.69. The van der Waals surface area contributed by atoms with Crippen LogP contribution in [0.15, 0.2) is 23.2 Å². The molecular weight excluding hydrogens is 264 g/mol. The van der Waals surface area contributed by atoms with Gasteiger partial charge in [0.05, 0.1) is 15.6 Å². The molecule has 0 amide bonds. The topological polar surface area (TPSA) is 38.0 Å². The Kier molecular flexibility index (Phi) is 4.48. The van der Waals surface area contributed by atoms with Crippen LogP contribution in [0.5, 0.6) is 0 Å². The first-order valence-corrected chi connectivity index (χ1v) is 7.31. The quantitative estimate of drug-likeness (QED) is 0.692. The van der Waals surface area contributed by atoms with Gasteiger partial charge < -0.3 is 5.11 Å². The van der Waals surface area contributed by atoms with Crippen LogP contribution in [0.2, 0.25) is 0 Å². The molecule has 0 saturated carbocycles. The van der Waals surface area contributed by atoms with Gasteiger partial charge in [-0.2, -0.15) is 5.10 Å². The Morgan fingerprint density at radius 1 is 1.50 bits per heavy atom. The van der Waals surface area contributed by atoms with E-state index in [4.69, 9.17) is 5.11 Å². The number of aliphatic hydroxyl groups excluding tert-OH is 1. The number of thiophene rings is 1. The Hall–Kier alpha value is -1.22.